The van der Waals surface area contributed by atoms with Gasteiger partial charge in [-0.15, -0.1) is 0 Å². The molecule has 0 aromatic carbocycles. The lowest BCUT2D eigenvalue weighted by atomic mass is 9.89. The maximum atomic E-state index is 12.1. The first-order valence-electron chi connectivity index (χ1n) is 7.09. The molecule has 1 amide bonds. The minimum Gasteiger partial charge on any atom is -0.378 e. The van der Waals surface area contributed by atoms with Crippen molar-refractivity contribution in [2.24, 2.45) is 5.73 Å². The third kappa shape index (κ3) is 3.22. The molecule has 1 heterocycles. The van der Waals surface area contributed by atoms with Gasteiger partial charge in [0.15, 0.2) is 0 Å². The number of morpholine rings is 1. The van der Waals surface area contributed by atoms with Crippen molar-refractivity contribution in [1.29, 1.82) is 0 Å². The maximum Gasteiger partial charge on any atom is 0.239 e. The molecule has 2 rings (SSSR count). The summed E-state index contributed by atoms with van der Waals surface area (Å²) in [5.41, 5.74) is 6.05. The second-order valence-electron chi connectivity index (χ2n) is 5.30. The molecule has 0 spiro atoms. The lowest BCUT2D eigenvalue weighted by Crippen LogP contribution is -2.58. The molecular formula is C13H25N3O2. The molecule has 0 bridgehead atoms. The number of nitrogens with zero attached hydrogens (tertiary/aromatic N) is 1. The van der Waals surface area contributed by atoms with Crippen molar-refractivity contribution in [2.45, 2.75) is 50.7 Å². The zero-order valence-corrected chi connectivity index (χ0v) is 11.2. The second-order valence-corrected chi connectivity index (χ2v) is 5.30. The number of amides is 1. The van der Waals surface area contributed by atoms with Gasteiger partial charge in [-0.2, -0.15) is 0 Å². The van der Waals surface area contributed by atoms with Crippen molar-refractivity contribution in [3.05, 3.63) is 0 Å². The van der Waals surface area contributed by atoms with Crippen LogP contribution in [0.1, 0.15) is 32.6 Å². The Labute approximate surface area is 109 Å². The molecule has 1 saturated carbocycles. The monoisotopic (exact) mass is 255 g/mol. The minimum absolute atomic E-state index is 0.0938. The van der Waals surface area contributed by atoms with E-state index >= 15 is 0 Å². The van der Waals surface area contributed by atoms with Gasteiger partial charge in [0.1, 0.15) is 6.04 Å². The summed E-state index contributed by atoms with van der Waals surface area (Å²) in [4.78, 5) is 14.4. The quantitative estimate of drug-likeness (QED) is 0.750. The summed E-state index contributed by atoms with van der Waals surface area (Å²) >= 11 is 0. The molecule has 5 heteroatoms. The number of rotatable bonds is 3. The van der Waals surface area contributed by atoms with Crippen LogP contribution in [0.2, 0.25) is 0 Å². The van der Waals surface area contributed by atoms with E-state index in [1.807, 2.05) is 6.92 Å². The molecule has 3 N–H and O–H groups in total. The van der Waals surface area contributed by atoms with Gasteiger partial charge in [0.05, 0.1) is 13.2 Å². The van der Waals surface area contributed by atoms with Crippen LogP contribution < -0.4 is 11.1 Å². The van der Waals surface area contributed by atoms with Crippen molar-refractivity contribution < 1.29 is 9.53 Å². The highest BCUT2D eigenvalue weighted by Gasteiger charge is 2.35. The molecule has 0 aromatic rings. The Morgan fingerprint density at radius 2 is 2.33 bits per heavy atom. The van der Waals surface area contributed by atoms with E-state index in [2.05, 4.69) is 10.2 Å². The molecule has 2 aliphatic rings. The summed E-state index contributed by atoms with van der Waals surface area (Å²) in [6.07, 6.45) is 4.46. The Morgan fingerprint density at radius 1 is 1.50 bits per heavy atom. The Balaban J connectivity index is 2.00. The Bertz CT molecular complexity index is 285. The van der Waals surface area contributed by atoms with Gasteiger partial charge in [-0.3, -0.25) is 9.69 Å². The zero-order valence-electron chi connectivity index (χ0n) is 11.2. The van der Waals surface area contributed by atoms with Crippen LogP contribution in [0.5, 0.6) is 0 Å². The Hall–Kier alpha value is -0.650. The van der Waals surface area contributed by atoms with Gasteiger partial charge in [-0.25, -0.2) is 0 Å². The highest BCUT2D eigenvalue weighted by atomic mass is 16.5. The maximum absolute atomic E-state index is 12.1. The molecule has 5 nitrogen and oxygen atoms in total. The van der Waals surface area contributed by atoms with E-state index in [1.54, 1.807) is 0 Å². The summed E-state index contributed by atoms with van der Waals surface area (Å²) in [6.45, 7) is 4.70. The Kier molecular flexibility index (Phi) is 4.97. The van der Waals surface area contributed by atoms with Gasteiger partial charge < -0.3 is 15.8 Å². The van der Waals surface area contributed by atoms with E-state index in [9.17, 15) is 4.79 Å². The van der Waals surface area contributed by atoms with Gasteiger partial charge >= 0.3 is 0 Å². The number of nitrogens with one attached hydrogen (secondary N) is 1. The number of hydrogen-bond acceptors (Lipinski definition) is 4. The molecule has 3 unspecified atom stereocenters. The average molecular weight is 255 g/mol. The smallest absolute Gasteiger partial charge is 0.239 e. The molecule has 2 fully saturated rings. The summed E-state index contributed by atoms with van der Waals surface area (Å²) < 4.78 is 5.46. The summed E-state index contributed by atoms with van der Waals surface area (Å²) in [6, 6.07) is 0.612. The number of likely N-dealkylation sites (N-methyl/N-ethyl adjacent to an activating group) is 1. The molecule has 0 aromatic heterocycles. The first-order valence-corrected chi connectivity index (χ1v) is 7.09. The summed E-state index contributed by atoms with van der Waals surface area (Å²) in [7, 11) is 0. The van der Waals surface area contributed by atoms with Crippen molar-refractivity contribution in [2.75, 3.05) is 26.3 Å². The molecule has 1 aliphatic heterocycles. The first kappa shape index (κ1) is 13.8. The van der Waals surface area contributed by atoms with E-state index in [1.165, 1.54) is 6.42 Å². The Morgan fingerprint density at radius 3 is 3.06 bits per heavy atom. The van der Waals surface area contributed by atoms with Crippen molar-refractivity contribution in [3.63, 3.8) is 0 Å². The standard InChI is InChI=1S/C13H25N3O2/c1-2-15-13(17)12-9-18-7-6-16(12)11-5-3-4-10(14)8-11/h10-12H,2-9,14H2,1H3,(H,15,17). The third-order valence-electron chi connectivity index (χ3n) is 3.98. The minimum atomic E-state index is -0.131. The van der Waals surface area contributed by atoms with E-state index in [-0.39, 0.29) is 11.9 Å². The largest absolute Gasteiger partial charge is 0.378 e. The predicted molar refractivity (Wildman–Crippen MR) is 70.2 cm³/mol. The van der Waals surface area contributed by atoms with Crippen molar-refractivity contribution in [1.82, 2.24) is 10.2 Å². The van der Waals surface area contributed by atoms with E-state index in [0.717, 1.165) is 32.4 Å². The summed E-state index contributed by atoms with van der Waals surface area (Å²) in [5, 5.41) is 2.90. The van der Waals surface area contributed by atoms with E-state index < -0.39 is 0 Å². The topological polar surface area (TPSA) is 67.6 Å². The normalized spacial score (nSPS) is 34.2. The third-order valence-corrected chi connectivity index (χ3v) is 3.98. The van der Waals surface area contributed by atoms with E-state index in [0.29, 0.717) is 25.2 Å². The first-order chi connectivity index (χ1) is 8.72. The molecule has 18 heavy (non-hydrogen) atoms. The summed E-state index contributed by atoms with van der Waals surface area (Å²) in [5.74, 6) is 0.0938. The second kappa shape index (κ2) is 6.50. The number of hydrogen-bond donors (Lipinski definition) is 2. The number of carbonyl (C=O) groups is 1. The zero-order chi connectivity index (χ0) is 13.0. The highest BCUT2D eigenvalue weighted by molar-refractivity contribution is 5.82. The lowest BCUT2D eigenvalue weighted by Gasteiger charge is -2.42. The molecule has 1 aliphatic carbocycles. The lowest BCUT2D eigenvalue weighted by molar-refractivity contribution is -0.135. The SMILES string of the molecule is CCNC(=O)C1COCCN1C1CCCC(N)C1. The molecule has 104 valence electrons. The van der Waals surface area contributed by atoms with Crippen LogP contribution in [0.25, 0.3) is 0 Å². The van der Waals surface area contributed by atoms with Crippen LogP contribution in [0.4, 0.5) is 0 Å². The van der Waals surface area contributed by atoms with Crippen molar-refractivity contribution >= 4 is 5.91 Å². The van der Waals surface area contributed by atoms with Gasteiger partial charge in [-0.1, -0.05) is 6.42 Å². The number of nitrogens with two attached hydrogens (primary N) is 1. The molecule has 1 saturated heterocycles. The van der Waals surface area contributed by atoms with E-state index in [4.69, 9.17) is 10.5 Å². The van der Waals surface area contributed by atoms with Crippen molar-refractivity contribution in [3.8, 4) is 0 Å². The van der Waals surface area contributed by atoms with Gasteiger partial charge in [0.25, 0.3) is 0 Å². The fourth-order valence-corrected chi connectivity index (χ4v) is 3.07. The van der Waals surface area contributed by atoms with Crippen LogP contribution in [0.15, 0.2) is 0 Å². The van der Waals surface area contributed by atoms with Crippen LogP contribution in [0, 0.1) is 0 Å². The fraction of sp³-hybridized carbons (Fsp3) is 0.923. The number of ether oxygens (including phenoxy) is 1. The van der Waals surface area contributed by atoms with Gasteiger partial charge in [-0.05, 0) is 26.2 Å². The average Bonchev–Trinajstić information content (AvgIpc) is 2.39. The van der Waals surface area contributed by atoms with Gasteiger partial charge in [0, 0.05) is 25.2 Å². The van der Waals surface area contributed by atoms with Crippen LogP contribution >= 0.6 is 0 Å². The predicted octanol–water partition coefficient (Wildman–Crippen LogP) is 0.0932. The molecular weight excluding hydrogens is 230 g/mol. The molecule has 0 radical (unpaired) electrons. The number of carbonyl (C=O) groups excluding carboxylic acids is 1. The van der Waals surface area contributed by atoms with Crippen LogP contribution in [-0.2, 0) is 9.53 Å². The van der Waals surface area contributed by atoms with Crippen LogP contribution in [0.3, 0.4) is 0 Å². The molecule has 3 atom stereocenters. The highest BCUT2D eigenvalue weighted by Crippen LogP contribution is 2.25. The van der Waals surface area contributed by atoms with Crippen LogP contribution in [-0.4, -0.2) is 55.2 Å². The van der Waals surface area contributed by atoms with Gasteiger partial charge in [0.2, 0.25) is 5.91 Å². The fourth-order valence-electron chi connectivity index (χ4n) is 3.07.